The van der Waals surface area contributed by atoms with E-state index in [-0.39, 0.29) is 29.7 Å². The van der Waals surface area contributed by atoms with Crippen molar-refractivity contribution in [1.29, 1.82) is 0 Å². The largest absolute Gasteiger partial charge is 0.505 e. The molecule has 0 saturated carbocycles. The summed E-state index contributed by atoms with van der Waals surface area (Å²) in [6, 6.07) is 4.29. The Balaban J connectivity index is 0.00000288. The molecule has 0 bridgehead atoms. The molecule has 0 fully saturated rings. The summed E-state index contributed by atoms with van der Waals surface area (Å²) in [4.78, 5) is 9.95. The van der Waals surface area contributed by atoms with Crippen LogP contribution in [0.4, 0.5) is 4.39 Å². The van der Waals surface area contributed by atoms with Gasteiger partial charge in [0.2, 0.25) is 0 Å². The van der Waals surface area contributed by atoms with Crippen molar-refractivity contribution in [3.05, 3.63) is 45.7 Å². The minimum Gasteiger partial charge on any atom is -0.505 e. The Morgan fingerprint density at radius 1 is 1.38 bits per heavy atom. The number of thiazole rings is 1. The molecule has 0 spiro atoms. The number of aromatic nitrogens is 1. The molecule has 0 radical (unpaired) electrons. The number of rotatable bonds is 6. The van der Waals surface area contributed by atoms with Gasteiger partial charge in [-0.3, -0.25) is 0 Å². The Labute approximate surface area is 162 Å². The van der Waals surface area contributed by atoms with E-state index in [1.54, 1.807) is 17.4 Å². The first-order valence-corrected chi connectivity index (χ1v) is 8.31. The zero-order valence-corrected chi connectivity index (χ0v) is 16.8. The van der Waals surface area contributed by atoms with E-state index < -0.39 is 5.82 Å². The fourth-order valence-electron chi connectivity index (χ4n) is 1.97. The Hall–Kier alpha value is -1.42. The molecule has 2 aromatic rings. The normalized spacial score (nSPS) is 11.0. The molecule has 3 N–H and O–H groups in total. The maximum atomic E-state index is 13.3. The Kier molecular flexibility index (Phi) is 8.98. The minimum atomic E-state index is -0.630. The van der Waals surface area contributed by atoms with Crippen LogP contribution < -0.4 is 10.6 Å². The van der Waals surface area contributed by atoms with Gasteiger partial charge < -0.3 is 15.7 Å². The van der Waals surface area contributed by atoms with E-state index in [2.05, 4.69) is 20.6 Å². The van der Waals surface area contributed by atoms with E-state index in [1.165, 1.54) is 17.0 Å². The van der Waals surface area contributed by atoms with Gasteiger partial charge in [-0.25, -0.2) is 14.4 Å². The van der Waals surface area contributed by atoms with Crippen LogP contribution in [0.15, 0.2) is 29.4 Å². The van der Waals surface area contributed by atoms with Crippen LogP contribution in [0.3, 0.4) is 0 Å². The minimum absolute atomic E-state index is 0. The standard InChI is InChI=1S/C16H21FN4OS.HI/c1-3-18-16(19-7-6-15-20-9-11(2)23-15)21-10-12-4-5-14(22)13(17)8-12;/h4-5,8-9,22H,3,6-7,10H2,1-2H3,(H2,18,19,21);1H. The molecular weight excluding hydrogens is 442 g/mol. The second-order valence-corrected chi connectivity index (χ2v) is 6.34. The van der Waals surface area contributed by atoms with E-state index in [0.717, 1.165) is 24.5 Å². The van der Waals surface area contributed by atoms with Gasteiger partial charge >= 0.3 is 0 Å². The molecule has 24 heavy (non-hydrogen) atoms. The maximum Gasteiger partial charge on any atom is 0.191 e. The lowest BCUT2D eigenvalue weighted by molar-refractivity contribution is 0.432. The molecule has 5 nitrogen and oxygen atoms in total. The lowest BCUT2D eigenvalue weighted by atomic mass is 10.2. The number of phenolic OH excluding ortho intramolecular Hbond substituents is 1. The van der Waals surface area contributed by atoms with Crippen molar-refractivity contribution in [1.82, 2.24) is 15.6 Å². The van der Waals surface area contributed by atoms with Gasteiger partial charge in [0, 0.05) is 30.6 Å². The number of hydrogen-bond donors (Lipinski definition) is 3. The second kappa shape index (κ2) is 10.4. The zero-order valence-electron chi connectivity index (χ0n) is 13.7. The summed E-state index contributed by atoms with van der Waals surface area (Å²) in [5.41, 5.74) is 0.702. The molecule has 0 saturated heterocycles. The van der Waals surface area contributed by atoms with Crippen molar-refractivity contribution >= 4 is 41.3 Å². The number of phenols is 1. The highest BCUT2D eigenvalue weighted by atomic mass is 127. The number of hydrogen-bond acceptors (Lipinski definition) is 4. The van der Waals surface area contributed by atoms with E-state index in [4.69, 9.17) is 0 Å². The van der Waals surface area contributed by atoms with Crippen molar-refractivity contribution < 1.29 is 9.50 Å². The van der Waals surface area contributed by atoms with Crippen LogP contribution >= 0.6 is 35.3 Å². The number of aryl methyl sites for hydroxylation is 1. The summed E-state index contributed by atoms with van der Waals surface area (Å²) in [5.74, 6) is -0.300. The van der Waals surface area contributed by atoms with Gasteiger partial charge in [0.25, 0.3) is 0 Å². The third kappa shape index (κ3) is 6.60. The summed E-state index contributed by atoms with van der Waals surface area (Å²) >= 11 is 1.69. The van der Waals surface area contributed by atoms with Gasteiger partial charge in [0.05, 0.1) is 11.6 Å². The third-order valence-electron chi connectivity index (χ3n) is 3.08. The van der Waals surface area contributed by atoms with Crippen LogP contribution in [0.25, 0.3) is 0 Å². The van der Waals surface area contributed by atoms with Crippen molar-refractivity contribution in [2.45, 2.75) is 26.8 Å². The van der Waals surface area contributed by atoms with Gasteiger partial charge in [0.1, 0.15) is 0 Å². The highest BCUT2D eigenvalue weighted by Crippen LogP contribution is 2.16. The summed E-state index contributed by atoms with van der Waals surface area (Å²) in [7, 11) is 0. The van der Waals surface area contributed by atoms with Gasteiger partial charge in [0.15, 0.2) is 17.5 Å². The van der Waals surface area contributed by atoms with Crippen LogP contribution in [0, 0.1) is 12.7 Å². The Morgan fingerprint density at radius 2 is 2.17 bits per heavy atom. The Bertz CT molecular complexity index is 678. The molecule has 0 aliphatic rings. The molecule has 1 aromatic heterocycles. The summed E-state index contributed by atoms with van der Waals surface area (Å²) in [6.07, 6.45) is 2.70. The topological polar surface area (TPSA) is 69.5 Å². The van der Waals surface area contributed by atoms with E-state index in [1.807, 2.05) is 20.0 Å². The number of aromatic hydroxyl groups is 1. The van der Waals surface area contributed by atoms with Gasteiger partial charge in [-0.05, 0) is 31.5 Å². The van der Waals surface area contributed by atoms with Crippen LogP contribution in [0.2, 0.25) is 0 Å². The number of nitrogens with zero attached hydrogens (tertiary/aromatic N) is 2. The second-order valence-electron chi connectivity index (χ2n) is 5.02. The molecule has 132 valence electrons. The van der Waals surface area contributed by atoms with Gasteiger partial charge in [-0.15, -0.1) is 35.3 Å². The first-order chi connectivity index (χ1) is 11.1. The van der Waals surface area contributed by atoms with Crippen LogP contribution in [0.1, 0.15) is 22.4 Å². The molecular formula is C16H22FIN4OS. The van der Waals surface area contributed by atoms with Crippen LogP contribution in [0.5, 0.6) is 5.75 Å². The van der Waals surface area contributed by atoms with Crippen molar-refractivity contribution in [3.8, 4) is 5.75 Å². The first kappa shape index (κ1) is 20.6. The Morgan fingerprint density at radius 3 is 2.79 bits per heavy atom. The zero-order chi connectivity index (χ0) is 16.7. The molecule has 0 aliphatic carbocycles. The SMILES string of the molecule is CCNC(=NCc1ccc(O)c(F)c1)NCCc1ncc(C)s1.I. The molecule has 0 aliphatic heterocycles. The summed E-state index contributed by atoms with van der Waals surface area (Å²) in [5, 5.41) is 16.7. The molecule has 2 rings (SSSR count). The number of benzene rings is 1. The predicted octanol–water partition coefficient (Wildman–Crippen LogP) is 3.21. The molecule has 0 atom stereocenters. The molecule has 0 amide bonds. The number of guanidine groups is 1. The van der Waals surface area contributed by atoms with Gasteiger partial charge in [-0.2, -0.15) is 0 Å². The fraction of sp³-hybridized carbons (Fsp3) is 0.375. The van der Waals surface area contributed by atoms with Crippen LogP contribution in [-0.2, 0) is 13.0 Å². The van der Waals surface area contributed by atoms with Crippen molar-refractivity contribution in [3.63, 3.8) is 0 Å². The maximum absolute atomic E-state index is 13.3. The molecule has 0 unspecified atom stereocenters. The predicted molar refractivity (Wildman–Crippen MR) is 107 cm³/mol. The molecule has 1 aromatic carbocycles. The highest BCUT2D eigenvalue weighted by molar-refractivity contribution is 14.0. The molecule has 1 heterocycles. The summed E-state index contributed by atoms with van der Waals surface area (Å²) in [6.45, 7) is 5.83. The smallest absolute Gasteiger partial charge is 0.191 e. The van der Waals surface area contributed by atoms with Gasteiger partial charge in [-0.1, -0.05) is 6.07 Å². The average Bonchev–Trinajstić information content (AvgIpc) is 2.93. The van der Waals surface area contributed by atoms with Crippen LogP contribution in [-0.4, -0.2) is 29.1 Å². The number of aliphatic imine (C=N–C) groups is 1. The van der Waals surface area contributed by atoms with E-state index in [0.29, 0.717) is 18.1 Å². The van der Waals surface area contributed by atoms with Crippen molar-refractivity contribution in [2.24, 2.45) is 4.99 Å². The average molecular weight is 464 g/mol. The molecule has 8 heteroatoms. The number of nitrogens with one attached hydrogen (secondary N) is 2. The first-order valence-electron chi connectivity index (χ1n) is 7.49. The highest BCUT2D eigenvalue weighted by Gasteiger charge is 2.03. The summed E-state index contributed by atoms with van der Waals surface area (Å²) < 4.78 is 13.3. The fourth-order valence-corrected chi connectivity index (χ4v) is 2.75. The van der Waals surface area contributed by atoms with Crippen molar-refractivity contribution in [2.75, 3.05) is 13.1 Å². The lowest BCUT2D eigenvalue weighted by Gasteiger charge is -2.10. The monoisotopic (exact) mass is 464 g/mol. The van der Waals surface area contributed by atoms with E-state index in [9.17, 15) is 9.50 Å². The lowest BCUT2D eigenvalue weighted by Crippen LogP contribution is -2.38. The quantitative estimate of drug-likeness (QED) is 0.349. The third-order valence-corrected chi connectivity index (χ3v) is 4.05. The number of halogens is 2. The van der Waals surface area contributed by atoms with E-state index >= 15 is 0 Å².